The van der Waals surface area contributed by atoms with Crippen molar-refractivity contribution in [3.63, 3.8) is 0 Å². The Bertz CT molecular complexity index is 491. The Hall–Kier alpha value is -1.84. The van der Waals surface area contributed by atoms with E-state index in [-0.39, 0.29) is 17.6 Å². The maximum absolute atomic E-state index is 11.9. The lowest BCUT2D eigenvalue weighted by Crippen LogP contribution is -2.11. The van der Waals surface area contributed by atoms with E-state index in [0.717, 1.165) is 12.8 Å². The lowest BCUT2D eigenvalue weighted by Gasteiger charge is -2.08. The van der Waals surface area contributed by atoms with Crippen LogP contribution in [-0.4, -0.2) is 18.3 Å². The molecule has 3 rings (SSSR count). The maximum atomic E-state index is 11.9. The first-order chi connectivity index (χ1) is 8.24. The first kappa shape index (κ1) is 10.3. The number of benzene rings is 1. The first-order valence-corrected chi connectivity index (χ1v) is 5.85. The van der Waals surface area contributed by atoms with Gasteiger partial charge in [-0.2, -0.15) is 0 Å². The van der Waals surface area contributed by atoms with Gasteiger partial charge in [0.2, 0.25) is 5.91 Å². The standard InChI is InChI=1S/C13H13NO3/c15-12-5-6-17-11-4-3-9(7-10(11)14-12)13(16)8-1-2-8/h3-4,7-8H,1-2,5-6H2,(H,14,15). The van der Waals surface area contributed by atoms with Gasteiger partial charge in [0.15, 0.2) is 5.78 Å². The van der Waals surface area contributed by atoms with Gasteiger partial charge in [-0.15, -0.1) is 0 Å². The molecule has 0 aromatic heterocycles. The number of hydrogen-bond acceptors (Lipinski definition) is 3. The summed E-state index contributed by atoms with van der Waals surface area (Å²) in [6.07, 6.45) is 2.32. The maximum Gasteiger partial charge on any atom is 0.227 e. The molecule has 0 radical (unpaired) electrons. The molecular formula is C13H13NO3. The van der Waals surface area contributed by atoms with E-state index in [1.807, 2.05) is 0 Å². The van der Waals surface area contributed by atoms with Crippen LogP contribution in [0.1, 0.15) is 29.6 Å². The lowest BCUT2D eigenvalue weighted by atomic mass is 10.1. The second-order valence-electron chi connectivity index (χ2n) is 4.50. The molecule has 1 aliphatic carbocycles. The smallest absolute Gasteiger partial charge is 0.227 e. The molecule has 4 heteroatoms. The topological polar surface area (TPSA) is 55.4 Å². The zero-order valence-electron chi connectivity index (χ0n) is 9.36. The third-order valence-electron chi connectivity index (χ3n) is 3.07. The molecule has 1 fully saturated rings. The molecule has 4 nitrogen and oxygen atoms in total. The summed E-state index contributed by atoms with van der Waals surface area (Å²) in [5.41, 5.74) is 1.27. The van der Waals surface area contributed by atoms with E-state index in [4.69, 9.17) is 4.74 Å². The van der Waals surface area contributed by atoms with Crippen molar-refractivity contribution in [3.8, 4) is 5.75 Å². The van der Waals surface area contributed by atoms with Crippen LogP contribution in [-0.2, 0) is 4.79 Å². The monoisotopic (exact) mass is 231 g/mol. The first-order valence-electron chi connectivity index (χ1n) is 5.85. The largest absolute Gasteiger partial charge is 0.491 e. The van der Waals surface area contributed by atoms with E-state index in [1.54, 1.807) is 18.2 Å². The summed E-state index contributed by atoms with van der Waals surface area (Å²) in [4.78, 5) is 23.3. The quantitative estimate of drug-likeness (QED) is 0.792. The third-order valence-corrected chi connectivity index (χ3v) is 3.07. The summed E-state index contributed by atoms with van der Waals surface area (Å²) in [7, 11) is 0. The van der Waals surface area contributed by atoms with Crippen molar-refractivity contribution in [1.29, 1.82) is 0 Å². The van der Waals surface area contributed by atoms with Crippen LogP contribution in [0.25, 0.3) is 0 Å². The zero-order valence-corrected chi connectivity index (χ0v) is 9.36. The molecule has 17 heavy (non-hydrogen) atoms. The molecule has 1 saturated carbocycles. The van der Waals surface area contributed by atoms with Gasteiger partial charge in [0.05, 0.1) is 18.7 Å². The number of anilines is 1. The highest BCUT2D eigenvalue weighted by Gasteiger charge is 2.30. The van der Waals surface area contributed by atoms with Gasteiger partial charge >= 0.3 is 0 Å². The van der Waals surface area contributed by atoms with Gasteiger partial charge < -0.3 is 10.1 Å². The van der Waals surface area contributed by atoms with Crippen LogP contribution in [0.3, 0.4) is 0 Å². The van der Waals surface area contributed by atoms with Crippen molar-refractivity contribution in [1.82, 2.24) is 0 Å². The van der Waals surface area contributed by atoms with E-state index in [0.29, 0.717) is 30.0 Å². The number of Topliss-reactive ketones (excluding diaryl/α,β-unsaturated/α-hetero) is 1. The van der Waals surface area contributed by atoms with Crippen LogP contribution in [0, 0.1) is 5.92 Å². The molecular weight excluding hydrogens is 218 g/mol. The second-order valence-corrected chi connectivity index (χ2v) is 4.50. The Balaban J connectivity index is 1.93. The van der Waals surface area contributed by atoms with Crippen LogP contribution in [0.4, 0.5) is 5.69 Å². The van der Waals surface area contributed by atoms with Crippen LogP contribution in [0.5, 0.6) is 5.75 Å². The number of rotatable bonds is 2. The SMILES string of the molecule is O=C1CCOc2ccc(C(=O)C3CC3)cc2N1. The van der Waals surface area contributed by atoms with Gasteiger partial charge in [-0.25, -0.2) is 0 Å². The molecule has 2 aliphatic rings. The van der Waals surface area contributed by atoms with Gasteiger partial charge in [-0.05, 0) is 31.0 Å². The number of ether oxygens (including phenoxy) is 1. The van der Waals surface area contributed by atoms with Crippen molar-refractivity contribution in [2.75, 3.05) is 11.9 Å². The van der Waals surface area contributed by atoms with E-state index in [1.165, 1.54) is 0 Å². The molecule has 0 bridgehead atoms. The molecule has 0 spiro atoms. The fourth-order valence-electron chi connectivity index (χ4n) is 1.95. The second kappa shape index (κ2) is 3.87. The van der Waals surface area contributed by atoms with E-state index in [2.05, 4.69) is 5.32 Å². The van der Waals surface area contributed by atoms with Crippen molar-refractivity contribution < 1.29 is 14.3 Å². The Morgan fingerprint density at radius 3 is 2.94 bits per heavy atom. The Labute approximate surface area is 99.0 Å². The van der Waals surface area contributed by atoms with E-state index in [9.17, 15) is 9.59 Å². The Morgan fingerprint density at radius 2 is 2.18 bits per heavy atom. The van der Waals surface area contributed by atoms with Gasteiger partial charge in [0.1, 0.15) is 5.75 Å². The molecule has 0 atom stereocenters. The van der Waals surface area contributed by atoms with Crippen molar-refractivity contribution in [3.05, 3.63) is 23.8 Å². The molecule has 88 valence electrons. The van der Waals surface area contributed by atoms with E-state index < -0.39 is 0 Å². The normalized spacial score (nSPS) is 18.7. The van der Waals surface area contributed by atoms with Gasteiger partial charge in [-0.1, -0.05) is 0 Å². The van der Waals surface area contributed by atoms with E-state index >= 15 is 0 Å². The number of hydrogen-bond donors (Lipinski definition) is 1. The molecule has 1 aliphatic heterocycles. The molecule has 1 N–H and O–H groups in total. The predicted molar refractivity (Wildman–Crippen MR) is 62.2 cm³/mol. The van der Waals surface area contributed by atoms with Gasteiger partial charge in [0.25, 0.3) is 0 Å². The minimum absolute atomic E-state index is 0.0697. The molecule has 0 unspecified atom stereocenters. The summed E-state index contributed by atoms with van der Waals surface area (Å²) < 4.78 is 5.44. The average Bonchev–Trinajstić information content (AvgIpc) is 3.13. The van der Waals surface area contributed by atoms with Gasteiger partial charge in [-0.3, -0.25) is 9.59 Å². The van der Waals surface area contributed by atoms with Crippen LogP contribution < -0.4 is 10.1 Å². The highest BCUT2D eigenvalue weighted by molar-refractivity contribution is 6.02. The summed E-state index contributed by atoms with van der Waals surface area (Å²) in [5, 5.41) is 2.76. The number of amides is 1. The van der Waals surface area contributed by atoms with Crippen LogP contribution in [0.15, 0.2) is 18.2 Å². The number of carbonyl (C=O) groups excluding carboxylic acids is 2. The number of nitrogens with one attached hydrogen (secondary N) is 1. The average molecular weight is 231 g/mol. The summed E-state index contributed by atoms with van der Waals surface area (Å²) >= 11 is 0. The van der Waals surface area contributed by atoms with Crippen LogP contribution >= 0.6 is 0 Å². The fraction of sp³-hybridized carbons (Fsp3) is 0.385. The Morgan fingerprint density at radius 1 is 1.35 bits per heavy atom. The lowest BCUT2D eigenvalue weighted by molar-refractivity contribution is -0.116. The highest BCUT2D eigenvalue weighted by atomic mass is 16.5. The summed E-state index contributed by atoms with van der Waals surface area (Å²) in [6.45, 7) is 0.384. The highest BCUT2D eigenvalue weighted by Crippen LogP contribution is 2.35. The van der Waals surface area contributed by atoms with Crippen molar-refractivity contribution in [2.24, 2.45) is 5.92 Å². The van der Waals surface area contributed by atoms with Crippen LogP contribution in [0.2, 0.25) is 0 Å². The minimum atomic E-state index is -0.0697. The Kier molecular flexibility index (Phi) is 2.35. The van der Waals surface area contributed by atoms with Gasteiger partial charge in [0, 0.05) is 11.5 Å². The molecule has 1 heterocycles. The zero-order chi connectivity index (χ0) is 11.8. The molecule has 1 amide bonds. The number of fused-ring (bicyclic) bond motifs is 1. The summed E-state index contributed by atoms with van der Waals surface area (Å²) in [5.74, 6) is 0.935. The predicted octanol–water partition coefficient (Wildman–Crippen LogP) is 2.00. The number of ketones is 1. The molecule has 1 aromatic rings. The third kappa shape index (κ3) is 2.02. The number of carbonyl (C=O) groups is 2. The van der Waals surface area contributed by atoms with Crippen molar-refractivity contribution >= 4 is 17.4 Å². The molecule has 0 saturated heterocycles. The summed E-state index contributed by atoms with van der Waals surface area (Å²) in [6, 6.07) is 5.26. The fourth-order valence-corrected chi connectivity index (χ4v) is 1.95. The molecule has 1 aromatic carbocycles. The minimum Gasteiger partial charge on any atom is -0.491 e. The van der Waals surface area contributed by atoms with Crippen molar-refractivity contribution in [2.45, 2.75) is 19.3 Å².